The Bertz CT molecular complexity index is 2090. The molecule has 0 amide bonds. The van der Waals surface area contributed by atoms with Gasteiger partial charge in [-0.3, -0.25) is 29.3 Å². The molecule has 1 saturated carbocycles. The molecular weight excluding hydrogens is 746 g/mol. The molecule has 1 aromatic carbocycles. The van der Waals surface area contributed by atoms with Crippen molar-refractivity contribution in [1.82, 2.24) is 15.6 Å². The summed E-state index contributed by atoms with van der Waals surface area (Å²) in [6.07, 6.45) is 2.53. The maximum absolute atomic E-state index is 14.4. The summed E-state index contributed by atoms with van der Waals surface area (Å²) in [5.41, 5.74) is -1.36. The number of carbonyl (C=O) groups excluding carboxylic acids is 4. The van der Waals surface area contributed by atoms with Crippen LogP contribution in [-0.4, -0.2) is 101 Å². The van der Waals surface area contributed by atoms with Crippen LogP contribution >= 0.6 is 0 Å². The molecule has 57 heavy (non-hydrogen) atoms. The highest BCUT2D eigenvalue weighted by Crippen LogP contribution is 2.62. The first kappa shape index (κ1) is 41.0. The number of hydrogen-bond acceptors (Lipinski definition) is 16. The van der Waals surface area contributed by atoms with Crippen LogP contribution in [0.5, 0.6) is 0 Å². The minimum atomic E-state index is -1.40. The van der Waals surface area contributed by atoms with E-state index in [9.17, 15) is 39.2 Å². The summed E-state index contributed by atoms with van der Waals surface area (Å²) < 4.78 is 22.5. The Kier molecular flexibility index (Phi) is 11.8. The fourth-order valence-electron chi connectivity index (χ4n) is 9.00. The van der Waals surface area contributed by atoms with Crippen molar-refractivity contribution in [1.29, 1.82) is 0 Å². The molecule has 2 aromatic rings. The lowest BCUT2D eigenvalue weighted by Crippen LogP contribution is -2.57. The van der Waals surface area contributed by atoms with Gasteiger partial charge in [-0.15, -0.1) is 0 Å². The van der Waals surface area contributed by atoms with Gasteiger partial charge in [0, 0.05) is 87.7 Å². The molecule has 3 aliphatic carbocycles. The third-order valence-electron chi connectivity index (χ3n) is 11.9. The number of cyclic esters (lactones) is 1. The van der Waals surface area contributed by atoms with Crippen LogP contribution in [0.3, 0.4) is 0 Å². The first-order chi connectivity index (χ1) is 27.1. The third kappa shape index (κ3) is 7.49. The number of ketones is 2. The predicted molar refractivity (Wildman–Crippen MR) is 200 cm³/mol. The minimum Gasteiger partial charge on any atom is -0.504 e. The lowest BCUT2D eigenvalue weighted by molar-refractivity contribution is -0.383. The second-order valence-electron chi connectivity index (χ2n) is 15.5. The number of benzene rings is 1. The molecule has 0 unspecified atom stereocenters. The maximum atomic E-state index is 14.4. The molecule has 5 atom stereocenters. The highest BCUT2D eigenvalue weighted by molar-refractivity contribution is 6.14. The van der Waals surface area contributed by atoms with Gasteiger partial charge in [0.15, 0.2) is 11.3 Å². The standard InChI is InChI=1S/C39H47N5O13/c1-38-18-25(55-29(48)11-7-9-17-43(3)23-13-14-24(44(52)53)34-33(23)41-57-42-34)32-30(22(38)12-15-26(38)45)35(49)36(50)31-21(19-40-16-8-5-6-10-28(46)47)37(51)56-27(20-54-4)39(31,32)2/h13-14,19,22,25,27,40,50H,5-12,15-18,20H2,1-4H3,(H,46,47)/b21-19-/t22-,25+,27+,38-,39-/m0/s1. The van der Waals surface area contributed by atoms with Crippen molar-refractivity contribution < 1.29 is 57.9 Å². The first-order valence-corrected chi connectivity index (χ1v) is 19.1. The van der Waals surface area contributed by atoms with Crippen molar-refractivity contribution in [3.8, 4) is 0 Å². The van der Waals surface area contributed by atoms with Crippen molar-refractivity contribution in [2.45, 2.75) is 90.3 Å². The molecule has 18 heteroatoms. The Morgan fingerprint density at radius 1 is 1.11 bits per heavy atom. The molecule has 6 rings (SSSR count). The molecular formula is C39H47N5O13. The fourth-order valence-corrected chi connectivity index (χ4v) is 9.00. The zero-order valence-corrected chi connectivity index (χ0v) is 32.3. The van der Waals surface area contributed by atoms with Gasteiger partial charge in [0.2, 0.25) is 11.3 Å². The molecule has 0 spiro atoms. The lowest BCUT2D eigenvalue weighted by Gasteiger charge is -2.53. The molecule has 2 fully saturated rings. The number of aliphatic hydroxyl groups is 1. The smallest absolute Gasteiger partial charge is 0.340 e. The molecule has 2 heterocycles. The Hall–Kier alpha value is -5.65. The van der Waals surface area contributed by atoms with Crippen molar-refractivity contribution in [3.05, 3.63) is 56.5 Å². The van der Waals surface area contributed by atoms with Gasteiger partial charge in [0.25, 0.3) is 0 Å². The number of carboxylic acid groups (broad SMARTS) is 1. The van der Waals surface area contributed by atoms with Crippen LogP contribution in [0, 0.1) is 26.9 Å². The van der Waals surface area contributed by atoms with E-state index in [-0.39, 0.29) is 71.5 Å². The number of fused-ring (bicyclic) bond motifs is 5. The number of esters is 2. The summed E-state index contributed by atoms with van der Waals surface area (Å²) in [5.74, 6) is -4.28. The van der Waals surface area contributed by atoms with Crippen LogP contribution in [0.4, 0.5) is 11.4 Å². The number of nitrogens with one attached hydrogen (secondary N) is 1. The number of hydrogen-bond donors (Lipinski definition) is 3. The van der Waals surface area contributed by atoms with E-state index in [0.29, 0.717) is 62.9 Å². The van der Waals surface area contributed by atoms with Crippen LogP contribution in [0.2, 0.25) is 0 Å². The quantitative estimate of drug-likeness (QED) is 0.0659. The number of nitrogens with zero attached hydrogens (tertiary/aromatic N) is 4. The van der Waals surface area contributed by atoms with Gasteiger partial charge in [0.1, 0.15) is 18.0 Å². The van der Waals surface area contributed by atoms with E-state index in [1.54, 1.807) is 27.0 Å². The number of aromatic nitrogens is 2. The number of methoxy groups -OCH3 is 1. The average Bonchev–Trinajstić information content (AvgIpc) is 3.76. The summed E-state index contributed by atoms with van der Waals surface area (Å²) >= 11 is 0. The van der Waals surface area contributed by atoms with Crippen molar-refractivity contribution in [2.24, 2.45) is 16.7 Å². The van der Waals surface area contributed by atoms with Gasteiger partial charge < -0.3 is 34.6 Å². The van der Waals surface area contributed by atoms with Gasteiger partial charge >= 0.3 is 23.6 Å². The summed E-state index contributed by atoms with van der Waals surface area (Å²) in [6, 6.07) is 2.88. The molecule has 3 N–H and O–H groups in total. The van der Waals surface area contributed by atoms with E-state index in [1.807, 2.05) is 4.90 Å². The molecule has 0 bridgehead atoms. The number of rotatable bonds is 17. The Labute approximate surface area is 327 Å². The normalized spacial score (nSPS) is 26.3. The van der Waals surface area contributed by atoms with Gasteiger partial charge in [0.05, 0.1) is 28.2 Å². The molecule has 0 radical (unpaired) electrons. The number of aliphatic carboxylic acids is 1. The van der Waals surface area contributed by atoms with Crippen LogP contribution in [-0.2, 0) is 38.2 Å². The maximum Gasteiger partial charge on any atom is 0.340 e. The van der Waals surface area contributed by atoms with Crippen LogP contribution in [0.1, 0.15) is 78.1 Å². The monoisotopic (exact) mass is 793 g/mol. The Morgan fingerprint density at radius 3 is 2.56 bits per heavy atom. The summed E-state index contributed by atoms with van der Waals surface area (Å²) in [6.45, 7) is 4.19. The number of allylic oxidation sites excluding steroid dienone is 1. The number of ether oxygens (including phenoxy) is 3. The SMILES string of the molecule is COC[C@H]1OC(=O)/C(=C\NCCCCCC(=O)O)C2=C(O)C(=O)C3=C([C@H](OC(=O)CCCCN(C)c4ccc([N+](=O)[O-])c5nonc45)C[C@]4(C)C(=O)CC[C@@H]34)[C@]21C. The van der Waals surface area contributed by atoms with E-state index < -0.39 is 63.3 Å². The highest BCUT2D eigenvalue weighted by Gasteiger charge is 2.64. The van der Waals surface area contributed by atoms with E-state index in [1.165, 1.54) is 19.4 Å². The number of non-ortho nitro benzene ring substituents is 1. The highest BCUT2D eigenvalue weighted by atomic mass is 16.6. The minimum absolute atomic E-state index is 0.0150. The number of nitro groups is 1. The van der Waals surface area contributed by atoms with Crippen LogP contribution in [0.15, 0.2) is 51.0 Å². The molecule has 4 aliphatic rings. The number of anilines is 1. The Morgan fingerprint density at radius 2 is 1.84 bits per heavy atom. The second kappa shape index (κ2) is 16.4. The molecule has 1 aromatic heterocycles. The molecule has 306 valence electrons. The molecule has 1 aliphatic heterocycles. The first-order valence-electron chi connectivity index (χ1n) is 19.1. The number of unbranched alkanes of at least 4 members (excludes halogenated alkanes) is 3. The second-order valence-corrected chi connectivity index (χ2v) is 15.5. The zero-order chi connectivity index (χ0) is 41.2. The number of carbonyl (C=O) groups is 5. The fraction of sp³-hybridized carbons (Fsp3) is 0.564. The number of Topliss-reactive ketones (excluding diaryl/α,β-unsaturated/α-hetero) is 2. The summed E-state index contributed by atoms with van der Waals surface area (Å²) in [5, 5.41) is 42.6. The van der Waals surface area contributed by atoms with Gasteiger partial charge in [-0.25, -0.2) is 9.42 Å². The van der Waals surface area contributed by atoms with Gasteiger partial charge in [-0.05, 0) is 61.0 Å². The molecule has 1 saturated heterocycles. The van der Waals surface area contributed by atoms with Crippen LogP contribution in [0.25, 0.3) is 11.0 Å². The van der Waals surface area contributed by atoms with Gasteiger partial charge in [-0.2, -0.15) is 0 Å². The lowest BCUT2D eigenvalue weighted by atomic mass is 9.53. The van der Waals surface area contributed by atoms with Crippen molar-refractivity contribution >= 4 is 51.9 Å². The number of nitro benzene ring substituents is 1. The van der Waals surface area contributed by atoms with Crippen LogP contribution < -0.4 is 10.2 Å². The number of aliphatic hydroxyl groups excluding tert-OH is 1. The van der Waals surface area contributed by atoms with Gasteiger partial charge in [-0.1, -0.05) is 13.3 Å². The third-order valence-corrected chi connectivity index (χ3v) is 11.9. The van der Waals surface area contributed by atoms with Crippen molar-refractivity contribution in [3.63, 3.8) is 0 Å². The average molecular weight is 794 g/mol. The Balaban J connectivity index is 1.24. The van der Waals surface area contributed by atoms with E-state index in [0.717, 1.165) is 0 Å². The predicted octanol–water partition coefficient (Wildman–Crippen LogP) is 4.43. The van der Waals surface area contributed by atoms with Crippen molar-refractivity contribution in [2.75, 3.05) is 38.8 Å². The molecule has 18 nitrogen and oxygen atoms in total. The topological polar surface area (TPSA) is 251 Å². The summed E-state index contributed by atoms with van der Waals surface area (Å²) in [4.78, 5) is 78.6. The zero-order valence-electron chi connectivity index (χ0n) is 32.3. The van der Waals surface area contributed by atoms with E-state index in [2.05, 4.69) is 15.6 Å². The van der Waals surface area contributed by atoms with E-state index >= 15 is 0 Å². The van der Waals surface area contributed by atoms with E-state index in [4.69, 9.17) is 23.9 Å². The summed E-state index contributed by atoms with van der Waals surface area (Å²) in [7, 11) is 3.20. The number of carboxylic acids is 1. The largest absolute Gasteiger partial charge is 0.504 e.